The van der Waals surface area contributed by atoms with E-state index in [-0.39, 0.29) is 17.7 Å². The minimum Gasteiger partial charge on any atom is -0.378 e. The Balaban J connectivity index is 1.68. The number of ether oxygens (including phenoxy) is 1. The summed E-state index contributed by atoms with van der Waals surface area (Å²) < 4.78 is 34.9. The molecular weight excluding hydrogens is 482 g/mol. The summed E-state index contributed by atoms with van der Waals surface area (Å²) >= 11 is 0. The maximum absolute atomic E-state index is 14.0. The number of para-hydroxylation sites is 2. The van der Waals surface area contributed by atoms with Gasteiger partial charge in [0.1, 0.15) is 17.7 Å². The molecule has 0 bridgehead atoms. The zero-order valence-corrected chi connectivity index (χ0v) is 21.7. The number of benzene rings is 1. The van der Waals surface area contributed by atoms with Gasteiger partial charge >= 0.3 is 0 Å². The number of likely N-dealkylation sites (N-methyl/N-ethyl adjacent to an activating group) is 1. The zero-order valence-electron chi connectivity index (χ0n) is 21.7. The second-order valence-corrected chi connectivity index (χ2v) is 9.38. The molecule has 12 heteroatoms. The van der Waals surface area contributed by atoms with E-state index in [4.69, 9.17) is 4.74 Å². The monoisotopic (exact) mass is 516 g/mol. The number of carbonyl (C=O) groups is 1. The van der Waals surface area contributed by atoms with Crippen molar-refractivity contribution in [2.45, 2.75) is 25.8 Å². The van der Waals surface area contributed by atoms with Gasteiger partial charge in [0.15, 0.2) is 5.82 Å². The van der Waals surface area contributed by atoms with Crippen LogP contribution in [0.15, 0.2) is 30.3 Å². The number of alkyl halides is 2. The Morgan fingerprint density at radius 3 is 2.49 bits per heavy atom. The Morgan fingerprint density at radius 2 is 1.78 bits per heavy atom. The highest BCUT2D eigenvalue weighted by atomic mass is 19.3. The number of amides is 1. The predicted octanol–water partition coefficient (Wildman–Crippen LogP) is 2.80. The van der Waals surface area contributed by atoms with Gasteiger partial charge in [-0.2, -0.15) is 9.97 Å². The number of nitrogens with zero attached hydrogens (tertiary/aromatic N) is 7. The van der Waals surface area contributed by atoms with Crippen LogP contribution in [0.4, 0.5) is 20.5 Å². The van der Waals surface area contributed by atoms with Crippen LogP contribution in [0.25, 0.3) is 16.9 Å². The molecule has 0 radical (unpaired) electrons. The molecule has 3 aromatic rings. The van der Waals surface area contributed by atoms with Gasteiger partial charge in [0, 0.05) is 32.7 Å². The van der Waals surface area contributed by atoms with Gasteiger partial charge in [-0.25, -0.2) is 13.8 Å². The molecule has 1 aromatic carbocycles. The third-order valence-electron chi connectivity index (χ3n) is 6.24. The van der Waals surface area contributed by atoms with E-state index < -0.39 is 18.3 Å². The number of aromatic nitrogens is 4. The van der Waals surface area contributed by atoms with Crippen molar-refractivity contribution in [2.75, 3.05) is 70.8 Å². The van der Waals surface area contributed by atoms with Crippen molar-refractivity contribution in [3.8, 4) is 5.82 Å². The van der Waals surface area contributed by atoms with Gasteiger partial charge in [-0.05, 0) is 46.1 Å². The molecule has 2 aromatic heterocycles. The summed E-state index contributed by atoms with van der Waals surface area (Å²) in [6.45, 7) is 5.50. The number of hydrogen-bond donors (Lipinski definition) is 1. The number of anilines is 2. The van der Waals surface area contributed by atoms with Crippen molar-refractivity contribution in [2.24, 2.45) is 0 Å². The number of carbonyl (C=O) groups excluding carboxylic acids is 1. The van der Waals surface area contributed by atoms with Gasteiger partial charge in [0.25, 0.3) is 6.43 Å². The Bertz CT molecular complexity index is 1210. The fraction of sp³-hybridized carbons (Fsp3) is 0.520. The first-order chi connectivity index (χ1) is 17.7. The molecule has 4 rings (SSSR count). The topological polar surface area (TPSA) is 91.6 Å². The lowest BCUT2D eigenvalue weighted by atomic mass is 10.2. The lowest BCUT2D eigenvalue weighted by Crippen LogP contribution is -2.40. The molecule has 37 heavy (non-hydrogen) atoms. The summed E-state index contributed by atoms with van der Waals surface area (Å²) in [5.41, 5.74) is 0.960. The highest BCUT2D eigenvalue weighted by molar-refractivity contribution is 5.83. The van der Waals surface area contributed by atoms with Crippen LogP contribution in [0.2, 0.25) is 0 Å². The number of hydrogen-bond acceptors (Lipinski definition) is 8. The summed E-state index contributed by atoms with van der Waals surface area (Å²) in [4.78, 5) is 32.1. The molecule has 3 heterocycles. The molecule has 0 spiro atoms. The molecular formula is C25H34F2N8O2. The molecule has 1 saturated heterocycles. The van der Waals surface area contributed by atoms with Crippen molar-refractivity contribution in [3.05, 3.63) is 36.2 Å². The second-order valence-electron chi connectivity index (χ2n) is 9.38. The summed E-state index contributed by atoms with van der Waals surface area (Å²) in [7, 11) is 5.75. The molecule has 1 aliphatic rings. The molecule has 0 aliphatic carbocycles. The van der Waals surface area contributed by atoms with Crippen LogP contribution in [-0.4, -0.2) is 102 Å². The van der Waals surface area contributed by atoms with Crippen LogP contribution >= 0.6 is 0 Å². The first kappa shape index (κ1) is 26.7. The standard InChI is InChI=1S/C25H34F2N8O2/c1-17(24(36)33(4)11-7-10-32(2)3)28-25-30-20(34-12-14-37-15-13-34)16-21(31-25)35-19-9-6-5-8-18(19)29-23(35)22(26)27/h5-6,8-9,16-17,22H,7,10-15H2,1-4H3,(H,28,30,31)/t17-/m0/s1. The van der Waals surface area contributed by atoms with Crippen LogP contribution in [0.1, 0.15) is 25.6 Å². The quantitative estimate of drug-likeness (QED) is 0.440. The van der Waals surface area contributed by atoms with Crippen LogP contribution in [0.3, 0.4) is 0 Å². The van der Waals surface area contributed by atoms with Gasteiger partial charge in [-0.15, -0.1) is 0 Å². The molecule has 0 saturated carbocycles. The highest BCUT2D eigenvalue weighted by Crippen LogP contribution is 2.29. The van der Waals surface area contributed by atoms with Gasteiger partial charge in [-0.3, -0.25) is 9.36 Å². The Labute approximate surface area is 215 Å². The summed E-state index contributed by atoms with van der Waals surface area (Å²) in [6.07, 6.45) is -1.96. The third kappa shape index (κ3) is 6.31. The normalized spacial score (nSPS) is 15.0. The van der Waals surface area contributed by atoms with Crippen molar-refractivity contribution < 1.29 is 18.3 Å². The first-order valence-electron chi connectivity index (χ1n) is 12.4. The average Bonchev–Trinajstić information content (AvgIpc) is 3.28. The van der Waals surface area contributed by atoms with E-state index in [1.54, 1.807) is 49.2 Å². The van der Waals surface area contributed by atoms with E-state index in [0.717, 1.165) is 13.0 Å². The summed E-state index contributed by atoms with van der Waals surface area (Å²) in [6, 6.07) is 8.00. The van der Waals surface area contributed by atoms with E-state index in [1.807, 2.05) is 19.0 Å². The fourth-order valence-electron chi connectivity index (χ4n) is 4.31. The lowest BCUT2D eigenvalue weighted by molar-refractivity contribution is -0.130. The van der Waals surface area contributed by atoms with Crippen LogP contribution in [0.5, 0.6) is 0 Å². The smallest absolute Gasteiger partial charge is 0.296 e. The number of fused-ring (bicyclic) bond motifs is 1. The maximum Gasteiger partial charge on any atom is 0.296 e. The summed E-state index contributed by atoms with van der Waals surface area (Å²) in [5, 5.41) is 3.10. The molecule has 10 nitrogen and oxygen atoms in total. The molecule has 1 fully saturated rings. The predicted molar refractivity (Wildman–Crippen MR) is 139 cm³/mol. The lowest BCUT2D eigenvalue weighted by Gasteiger charge is -2.29. The van der Waals surface area contributed by atoms with E-state index in [0.29, 0.717) is 49.7 Å². The summed E-state index contributed by atoms with van der Waals surface area (Å²) in [5.74, 6) is 0.486. The van der Waals surface area contributed by atoms with E-state index in [2.05, 4.69) is 25.2 Å². The number of imidazole rings is 1. The van der Waals surface area contributed by atoms with E-state index in [1.165, 1.54) is 4.57 Å². The van der Waals surface area contributed by atoms with Crippen LogP contribution < -0.4 is 10.2 Å². The minimum absolute atomic E-state index is 0.109. The van der Waals surface area contributed by atoms with Crippen molar-refractivity contribution >= 4 is 28.7 Å². The zero-order chi connectivity index (χ0) is 26.5. The molecule has 1 N–H and O–H groups in total. The maximum atomic E-state index is 14.0. The van der Waals surface area contributed by atoms with Crippen molar-refractivity contribution in [3.63, 3.8) is 0 Å². The van der Waals surface area contributed by atoms with Crippen molar-refractivity contribution in [1.82, 2.24) is 29.3 Å². The SMILES string of the molecule is C[C@H](Nc1nc(N2CCOCC2)cc(-n2c(C(F)F)nc3ccccc32)n1)C(=O)N(C)CCCN(C)C. The average molecular weight is 517 g/mol. The van der Waals surface area contributed by atoms with Crippen molar-refractivity contribution in [1.29, 1.82) is 0 Å². The van der Waals surface area contributed by atoms with Crippen LogP contribution in [0, 0.1) is 0 Å². The molecule has 1 amide bonds. The highest BCUT2D eigenvalue weighted by Gasteiger charge is 2.24. The first-order valence-corrected chi connectivity index (χ1v) is 12.4. The van der Waals surface area contributed by atoms with Gasteiger partial charge in [0.2, 0.25) is 11.9 Å². The van der Waals surface area contributed by atoms with Crippen LogP contribution in [-0.2, 0) is 9.53 Å². The molecule has 0 unspecified atom stereocenters. The van der Waals surface area contributed by atoms with E-state index >= 15 is 0 Å². The molecule has 1 atom stereocenters. The molecule has 1 aliphatic heterocycles. The number of nitrogens with one attached hydrogen (secondary N) is 1. The van der Waals surface area contributed by atoms with Gasteiger partial charge in [-0.1, -0.05) is 12.1 Å². The largest absolute Gasteiger partial charge is 0.378 e. The number of rotatable bonds is 10. The fourth-order valence-corrected chi connectivity index (χ4v) is 4.31. The Kier molecular flexibility index (Phi) is 8.49. The number of halogens is 2. The Hall–Kier alpha value is -3.38. The molecule has 200 valence electrons. The minimum atomic E-state index is -2.80. The second kappa shape index (κ2) is 11.8. The van der Waals surface area contributed by atoms with E-state index in [9.17, 15) is 13.6 Å². The Morgan fingerprint density at radius 1 is 1.08 bits per heavy atom. The number of morpholine rings is 1. The third-order valence-corrected chi connectivity index (χ3v) is 6.24. The van der Waals surface area contributed by atoms with Gasteiger partial charge < -0.3 is 24.8 Å². The van der Waals surface area contributed by atoms with Gasteiger partial charge in [0.05, 0.1) is 24.2 Å².